The van der Waals surface area contributed by atoms with E-state index in [0.29, 0.717) is 23.1 Å². The molecule has 0 bridgehead atoms. The summed E-state index contributed by atoms with van der Waals surface area (Å²) in [5.74, 6) is -1.03. The molecule has 0 fully saturated rings. The van der Waals surface area contributed by atoms with Gasteiger partial charge < -0.3 is 15.2 Å². The number of carboxylic acid groups (broad SMARTS) is 1. The fraction of sp³-hybridized carbons (Fsp3) is 0.231. The van der Waals surface area contributed by atoms with Gasteiger partial charge in [-0.1, -0.05) is 0 Å². The molecule has 0 aliphatic heterocycles. The monoisotopic (exact) mass is 291 g/mol. The third-order valence-electron chi connectivity index (χ3n) is 2.73. The minimum absolute atomic E-state index is 0.0572. The number of rotatable bonds is 7. The minimum Gasteiger partial charge on any atom is -0.480 e. The Labute approximate surface area is 119 Å². The first-order valence-corrected chi connectivity index (χ1v) is 6.15. The maximum atomic E-state index is 11.0. The van der Waals surface area contributed by atoms with Crippen molar-refractivity contribution in [3.8, 4) is 0 Å². The number of hydrogen-bond donors (Lipinski definition) is 2. The Morgan fingerprint density at radius 2 is 2.24 bits per heavy atom. The molecule has 1 aromatic carbocycles. The van der Waals surface area contributed by atoms with Crippen LogP contribution in [0.4, 0.5) is 11.4 Å². The van der Waals surface area contributed by atoms with Gasteiger partial charge in [0.2, 0.25) is 0 Å². The standard InChI is InChI=1S/C13H13N3O5/c17-12(18)8-21-7-6-14-10-3-4-11(16(19)20)13-9(10)2-1-5-15-13/h1-5,14H,6-8H2,(H,17,18). The lowest BCUT2D eigenvalue weighted by molar-refractivity contribution is -0.383. The molecule has 0 unspecified atom stereocenters. The highest BCUT2D eigenvalue weighted by Gasteiger charge is 2.14. The van der Waals surface area contributed by atoms with E-state index in [1.54, 1.807) is 18.2 Å². The summed E-state index contributed by atoms with van der Waals surface area (Å²) in [5, 5.41) is 23.1. The van der Waals surface area contributed by atoms with Gasteiger partial charge in [0.1, 0.15) is 12.1 Å². The van der Waals surface area contributed by atoms with Gasteiger partial charge in [-0.25, -0.2) is 9.78 Å². The molecule has 2 N–H and O–H groups in total. The number of aromatic nitrogens is 1. The highest BCUT2D eigenvalue weighted by Crippen LogP contribution is 2.29. The molecule has 0 aliphatic rings. The van der Waals surface area contributed by atoms with Crippen LogP contribution >= 0.6 is 0 Å². The topological polar surface area (TPSA) is 115 Å². The number of carboxylic acids is 1. The molecule has 21 heavy (non-hydrogen) atoms. The average Bonchev–Trinajstić information content (AvgIpc) is 2.46. The third-order valence-corrected chi connectivity index (χ3v) is 2.73. The molecule has 8 heteroatoms. The van der Waals surface area contributed by atoms with Crippen LogP contribution in [0.2, 0.25) is 0 Å². The molecule has 0 amide bonds. The van der Waals surface area contributed by atoms with Crippen LogP contribution in [0.15, 0.2) is 30.5 Å². The first-order chi connectivity index (χ1) is 10.1. The molecule has 0 spiro atoms. The second-order valence-electron chi connectivity index (χ2n) is 4.16. The van der Waals surface area contributed by atoms with E-state index in [0.717, 1.165) is 0 Å². The fourth-order valence-corrected chi connectivity index (χ4v) is 1.88. The lowest BCUT2D eigenvalue weighted by Crippen LogP contribution is -2.14. The smallest absolute Gasteiger partial charge is 0.329 e. The zero-order chi connectivity index (χ0) is 15.2. The number of ether oxygens (including phenoxy) is 1. The van der Waals surface area contributed by atoms with Crippen LogP contribution in [0, 0.1) is 10.1 Å². The van der Waals surface area contributed by atoms with Crippen molar-refractivity contribution < 1.29 is 19.6 Å². The molecular formula is C13H13N3O5. The Bertz CT molecular complexity index is 674. The molecule has 110 valence electrons. The van der Waals surface area contributed by atoms with Gasteiger partial charge in [0.15, 0.2) is 0 Å². The summed E-state index contributed by atoms with van der Waals surface area (Å²) in [4.78, 5) is 24.8. The number of benzene rings is 1. The Kier molecular flexibility index (Phi) is 4.62. The number of carbonyl (C=O) groups is 1. The molecule has 1 heterocycles. The lowest BCUT2D eigenvalue weighted by atomic mass is 10.1. The number of nitrogens with one attached hydrogen (secondary N) is 1. The van der Waals surface area contributed by atoms with Crippen LogP contribution in [-0.2, 0) is 9.53 Å². The number of nitrogens with zero attached hydrogens (tertiary/aromatic N) is 2. The van der Waals surface area contributed by atoms with Crippen LogP contribution in [0.3, 0.4) is 0 Å². The maximum absolute atomic E-state index is 11.0. The summed E-state index contributed by atoms with van der Waals surface area (Å²) in [6, 6.07) is 6.41. The summed E-state index contributed by atoms with van der Waals surface area (Å²) in [6.07, 6.45) is 1.50. The van der Waals surface area contributed by atoms with Crippen molar-refractivity contribution in [2.24, 2.45) is 0 Å². The molecule has 0 radical (unpaired) electrons. The molecule has 2 rings (SSSR count). The van der Waals surface area contributed by atoms with Crippen LogP contribution in [0.1, 0.15) is 0 Å². The summed E-state index contributed by atoms with van der Waals surface area (Å²) < 4.78 is 4.90. The quantitative estimate of drug-likeness (QED) is 0.453. The Balaban J connectivity index is 2.12. The van der Waals surface area contributed by atoms with E-state index in [9.17, 15) is 14.9 Å². The van der Waals surface area contributed by atoms with E-state index >= 15 is 0 Å². The minimum atomic E-state index is -1.03. The van der Waals surface area contributed by atoms with Crippen molar-refractivity contribution in [3.63, 3.8) is 0 Å². The highest BCUT2D eigenvalue weighted by molar-refractivity contribution is 5.96. The SMILES string of the molecule is O=C(O)COCCNc1ccc([N+](=O)[O-])c2ncccc12. The zero-order valence-corrected chi connectivity index (χ0v) is 11.0. The lowest BCUT2D eigenvalue weighted by Gasteiger charge is -2.09. The number of non-ortho nitro benzene ring substituents is 1. The molecule has 8 nitrogen and oxygen atoms in total. The molecule has 1 aromatic heterocycles. The predicted molar refractivity (Wildman–Crippen MR) is 75.3 cm³/mol. The molecule has 0 aliphatic carbocycles. The van der Waals surface area contributed by atoms with E-state index in [1.165, 1.54) is 12.3 Å². The van der Waals surface area contributed by atoms with Gasteiger partial charge in [-0.05, 0) is 18.2 Å². The van der Waals surface area contributed by atoms with Gasteiger partial charge in [-0.3, -0.25) is 10.1 Å². The molecule has 0 atom stereocenters. The Hall–Kier alpha value is -2.74. The number of anilines is 1. The van der Waals surface area contributed by atoms with E-state index in [-0.39, 0.29) is 18.9 Å². The number of nitro benzene ring substituents is 1. The predicted octanol–water partition coefficient (Wildman–Crippen LogP) is 1.66. The summed E-state index contributed by atoms with van der Waals surface area (Å²) >= 11 is 0. The second kappa shape index (κ2) is 6.62. The fourth-order valence-electron chi connectivity index (χ4n) is 1.88. The van der Waals surface area contributed by atoms with Gasteiger partial charge in [0, 0.05) is 29.9 Å². The number of fused-ring (bicyclic) bond motifs is 1. The van der Waals surface area contributed by atoms with Crippen LogP contribution in [0.5, 0.6) is 0 Å². The van der Waals surface area contributed by atoms with Gasteiger partial charge >= 0.3 is 5.97 Å². The third kappa shape index (κ3) is 3.63. The summed E-state index contributed by atoms with van der Waals surface area (Å²) in [5.41, 5.74) is 0.930. The number of pyridine rings is 1. The molecule has 2 aromatic rings. The number of aliphatic carboxylic acids is 1. The first kappa shape index (κ1) is 14.7. The van der Waals surface area contributed by atoms with Crippen LogP contribution in [0.25, 0.3) is 10.9 Å². The molecule has 0 saturated heterocycles. The Morgan fingerprint density at radius 3 is 2.95 bits per heavy atom. The van der Waals surface area contributed by atoms with Gasteiger partial charge in [0.05, 0.1) is 11.5 Å². The van der Waals surface area contributed by atoms with Gasteiger partial charge in [-0.15, -0.1) is 0 Å². The van der Waals surface area contributed by atoms with Crippen molar-refractivity contribution in [2.75, 3.05) is 25.1 Å². The normalized spacial score (nSPS) is 10.5. The van der Waals surface area contributed by atoms with Crippen molar-refractivity contribution in [3.05, 3.63) is 40.6 Å². The average molecular weight is 291 g/mol. The summed E-state index contributed by atoms with van der Waals surface area (Å²) in [7, 11) is 0. The van der Waals surface area contributed by atoms with Crippen LogP contribution < -0.4 is 5.32 Å². The van der Waals surface area contributed by atoms with E-state index in [1.807, 2.05) is 0 Å². The van der Waals surface area contributed by atoms with Gasteiger partial charge in [-0.2, -0.15) is 0 Å². The van der Waals surface area contributed by atoms with Crippen molar-refractivity contribution in [1.29, 1.82) is 0 Å². The summed E-state index contributed by atoms with van der Waals surface area (Å²) in [6.45, 7) is 0.240. The first-order valence-electron chi connectivity index (χ1n) is 6.15. The highest BCUT2D eigenvalue weighted by atomic mass is 16.6. The zero-order valence-electron chi connectivity index (χ0n) is 11.0. The Morgan fingerprint density at radius 1 is 1.43 bits per heavy atom. The second-order valence-corrected chi connectivity index (χ2v) is 4.16. The van der Waals surface area contributed by atoms with Crippen molar-refractivity contribution in [2.45, 2.75) is 0 Å². The molecule has 0 saturated carbocycles. The molecular weight excluding hydrogens is 278 g/mol. The van der Waals surface area contributed by atoms with Crippen molar-refractivity contribution in [1.82, 2.24) is 4.98 Å². The van der Waals surface area contributed by atoms with Crippen molar-refractivity contribution >= 4 is 28.2 Å². The van der Waals surface area contributed by atoms with E-state index in [4.69, 9.17) is 9.84 Å². The number of hydrogen-bond acceptors (Lipinski definition) is 6. The van der Waals surface area contributed by atoms with Crippen LogP contribution in [-0.4, -0.2) is 40.7 Å². The largest absolute Gasteiger partial charge is 0.480 e. The van der Waals surface area contributed by atoms with E-state index < -0.39 is 10.9 Å². The van der Waals surface area contributed by atoms with Gasteiger partial charge in [0.25, 0.3) is 5.69 Å². The number of nitro groups is 1. The maximum Gasteiger partial charge on any atom is 0.329 e. The van der Waals surface area contributed by atoms with E-state index in [2.05, 4.69) is 10.3 Å².